The molecule has 0 spiro atoms. The van der Waals surface area contributed by atoms with Crippen molar-refractivity contribution >= 4 is 17.8 Å². The Labute approximate surface area is 94.6 Å². The van der Waals surface area contributed by atoms with E-state index in [1.54, 1.807) is 6.92 Å². The molecule has 0 saturated heterocycles. The molecule has 0 heterocycles. The van der Waals surface area contributed by atoms with Gasteiger partial charge in [0.05, 0.1) is 6.42 Å². The lowest BCUT2D eigenvalue weighted by Gasteiger charge is -2.21. The molecule has 0 saturated carbocycles. The molecule has 0 rings (SSSR count). The van der Waals surface area contributed by atoms with E-state index in [2.05, 4.69) is 5.32 Å². The summed E-state index contributed by atoms with van der Waals surface area (Å²) in [7, 11) is 0. The normalized spacial score (nSPS) is 9.62. The van der Waals surface area contributed by atoms with Crippen molar-refractivity contribution in [2.24, 2.45) is 0 Å². The molecule has 0 aromatic rings. The number of carboxylic acids is 1. The third kappa shape index (κ3) is 6.80. The van der Waals surface area contributed by atoms with Gasteiger partial charge >= 0.3 is 5.97 Å². The van der Waals surface area contributed by atoms with Crippen LogP contribution in [0, 0.1) is 0 Å². The van der Waals surface area contributed by atoms with Crippen molar-refractivity contribution < 1.29 is 19.5 Å². The van der Waals surface area contributed by atoms with Crippen LogP contribution in [0.15, 0.2) is 0 Å². The fourth-order valence-electron chi connectivity index (χ4n) is 1.18. The maximum absolute atomic E-state index is 11.4. The highest BCUT2D eigenvalue weighted by molar-refractivity contribution is 5.77. The predicted molar refractivity (Wildman–Crippen MR) is 57.8 cm³/mol. The van der Waals surface area contributed by atoms with Crippen LogP contribution in [0.4, 0.5) is 0 Å². The second-order valence-corrected chi connectivity index (χ2v) is 3.36. The summed E-state index contributed by atoms with van der Waals surface area (Å²) in [6.45, 7) is 3.99. The lowest BCUT2D eigenvalue weighted by Crippen LogP contribution is -2.38. The van der Waals surface area contributed by atoms with E-state index >= 15 is 0 Å². The second-order valence-electron chi connectivity index (χ2n) is 3.36. The van der Waals surface area contributed by atoms with Gasteiger partial charge in [-0.2, -0.15) is 0 Å². The number of nitrogens with one attached hydrogen (secondary N) is 1. The maximum atomic E-state index is 11.4. The van der Waals surface area contributed by atoms with Gasteiger partial charge in [0.1, 0.15) is 0 Å². The minimum Gasteiger partial charge on any atom is -0.481 e. The molecule has 0 atom stereocenters. The Balaban J connectivity index is 4.05. The first-order valence-corrected chi connectivity index (χ1v) is 5.21. The predicted octanol–water partition coefficient (Wildman–Crippen LogP) is -0.164. The number of aliphatic carboxylic acids is 1. The molecule has 2 N–H and O–H groups in total. The zero-order valence-corrected chi connectivity index (χ0v) is 9.65. The molecule has 0 aliphatic carbocycles. The zero-order chi connectivity index (χ0) is 12.6. The lowest BCUT2D eigenvalue weighted by atomic mass is 10.3. The highest BCUT2D eigenvalue weighted by Gasteiger charge is 2.12. The number of carbonyl (C=O) groups excluding carboxylic acids is 2. The first kappa shape index (κ1) is 14.4. The van der Waals surface area contributed by atoms with Crippen molar-refractivity contribution in [3.63, 3.8) is 0 Å². The first-order chi connectivity index (χ1) is 7.47. The third-order valence-corrected chi connectivity index (χ3v) is 2.01. The van der Waals surface area contributed by atoms with Gasteiger partial charge in [-0.15, -0.1) is 0 Å². The number of amides is 2. The standard InChI is InChI=1S/C10H18N2O4/c1-3-9(14)12(6-4-10(15)16)7-5-11-8(2)13/h3-7H2,1-2H3,(H,11,13)(H,15,16). The van der Waals surface area contributed by atoms with Gasteiger partial charge < -0.3 is 15.3 Å². The van der Waals surface area contributed by atoms with Gasteiger partial charge in [-0.05, 0) is 0 Å². The van der Waals surface area contributed by atoms with Crippen LogP contribution in [-0.4, -0.2) is 47.4 Å². The summed E-state index contributed by atoms with van der Waals surface area (Å²) in [6.07, 6.45) is 0.255. The van der Waals surface area contributed by atoms with Crippen LogP contribution >= 0.6 is 0 Å². The number of nitrogens with zero attached hydrogens (tertiary/aromatic N) is 1. The molecule has 0 radical (unpaired) electrons. The largest absolute Gasteiger partial charge is 0.481 e. The summed E-state index contributed by atoms with van der Waals surface area (Å²) in [5.74, 6) is -1.21. The quantitative estimate of drug-likeness (QED) is 0.636. The van der Waals surface area contributed by atoms with Crippen molar-refractivity contribution in [1.29, 1.82) is 0 Å². The average molecular weight is 230 g/mol. The minimum atomic E-state index is -0.937. The van der Waals surface area contributed by atoms with Gasteiger partial charge in [0.25, 0.3) is 0 Å². The molecule has 0 aromatic carbocycles. The molecule has 0 aromatic heterocycles. The Morgan fingerprint density at radius 3 is 2.31 bits per heavy atom. The molecule has 16 heavy (non-hydrogen) atoms. The SMILES string of the molecule is CCC(=O)N(CCNC(C)=O)CCC(=O)O. The molecule has 0 fully saturated rings. The van der Waals surface area contributed by atoms with E-state index < -0.39 is 5.97 Å². The fraction of sp³-hybridized carbons (Fsp3) is 0.700. The van der Waals surface area contributed by atoms with E-state index in [1.165, 1.54) is 11.8 Å². The van der Waals surface area contributed by atoms with Gasteiger partial charge in [-0.3, -0.25) is 14.4 Å². The Morgan fingerprint density at radius 2 is 1.88 bits per heavy atom. The molecule has 0 aliphatic heterocycles. The summed E-state index contributed by atoms with van der Waals surface area (Å²) in [4.78, 5) is 33.9. The molecule has 0 aliphatic rings. The van der Waals surface area contributed by atoms with Gasteiger partial charge in [0.2, 0.25) is 11.8 Å². The van der Waals surface area contributed by atoms with E-state index in [0.717, 1.165) is 0 Å². The van der Waals surface area contributed by atoms with E-state index in [4.69, 9.17) is 5.11 Å². The Bertz CT molecular complexity index is 266. The van der Waals surface area contributed by atoms with E-state index in [-0.39, 0.29) is 24.8 Å². The first-order valence-electron chi connectivity index (χ1n) is 5.21. The zero-order valence-electron chi connectivity index (χ0n) is 9.65. The van der Waals surface area contributed by atoms with Crippen LogP contribution in [0.25, 0.3) is 0 Å². The molecular weight excluding hydrogens is 212 g/mol. The molecule has 92 valence electrons. The van der Waals surface area contributed by atoms with Crippen LogP contribution in [-0.2, 0) is 14.4 Å². The maximum Gasteiger partial charge on any atom is 0.305 e. The molecule has 0 unspecified atom stereocenters. The average Bonchev–Trinajstić information content (AvgIpc) is 2.21. The number of carboxylic acid groups (broad SMARTS) is 1. The molecule has 0 bridgehead atoms. The number of hydrogen-bond acceptors (Lipinski definition) is 3. The second kappa shape index (κ2) is 7.67. The van der Waals surface area contributed by atoms with E-state index in [0.29, 0.717) is 19.5 Å². The molecule has 6 nitrogen and oxygen atoms in total. The summed E-state index contributed by atoms with van der Waals surface area (Å²) in [5.41, 5.74) is 0. The Kier molecular flexibility index (Phi) is 6.91. The van der Waals surface area contributed by atoms with Gasteiger partial charge in [-0.1, -0.05) is 6.92 Å². The van der Waals surface area contributed by atoms with Crippen LogP contribution in [0.5, 0.6) is 0 Å². The van der Waals surface area contributed by atoms with Crippen LogP contribution in [0.3, 0.4) is 0 Å². The van der Waals surface area contributed by atoms with E-state index in [1.807, 2.05) is 0 Å². The van der Waals surface area contributed by atoms with Gasteiger partial charge in [0, 0.05) is 33.0 Å². The smallest absolute Gasteiger partial charge is 0.305 e. The van der Waals surface area contributed by atoms with Gasteiger partial charge in [0.15, 0.2) is 0 Å². The number of carbonyl (C=O) groups is 3. The summed E-state index contributed by atoms with van der Waals surface area (Å²) < 4.78 is 0. The Hall–Kier alpha value is -1.59. The van der Waals surface area contributed by atoms with Crippen molar-refractivity contribution in [3.05, 3.63) is 0 Å². The van der Waals surface area contributed by atoms with Crippen LogP contribution in [0.2, 0.25) is 0 Å². The minimum absolute atomic E-state index is 0.0776. The highest BCUT2D eigenvalue weighted by atomic mass is 16.4. The molecular formula is C10H18N2O4. The van der Waals surface area contributed by atoms with Crippen LogP contribution < -0.4 is 5.32 Å². The lowest BCUT2D eigenvalue weighted by molar-refractivity contribution is -0.138. The summed E-state index contributed by atoms with van der Waals surface area (Å²) in [6, 6.07) is 0. The summed E-state index contributed by atoms with van der Waals surface area (Å²) in [5, 5.41) is 11.1. The monoisotopic (exact) mass is 230 g/mol. The molecule has 2 amide bonds. The number of hydrogen-bond donors (Lipinski definition) is 2. The topological polar surface area (TPSA) is 86.7 Å². The van der Waals surface area contributed by atoms with Crippen molar-refractivity contribution in [1.82, 2.24) is 10.2 Å². The van der Waals surface area contributed by atoms with Gasteiger partial charge in [-0.25, -0.2) is 0 Å². The van der Waals surface area contributed by atoms with E-state index in [9.17, 15) is 14.4 Å². The number of rotatable bonds is 7. The van der Waals surface area contributed by atoms with Crippen molar-refractivity contribution in [2.75, 3.05) is 19.6 Å². The Morgan fingerprint density at radius 1 is 1.25 bits per heavy atom. The third-order valence-electron chi connectivity index (χ3n) is 2.01. The summed E-state index contributed by atoms with van der Waals surface area (Å²) >= 11 is 0. The fourth-order valence-corrected chi connectivity index (χ4v) is 1.18. The molecule has 6 heteroatoms. The highest BCUT2D eigenvalue weighted by Crippen LogP contribution is 1.96. The van der Waals surface area contributed by atoms with Crippen LogP contribution in [0.1, 0.15) is 26.7 Å². The van der Waals surface area contributed by atoms with Crippen molar-refractivity contribution in [2.45, 2.75) is 26.7 Å². The van der Waals surface area contributed by atoms with Crippen molar-refractivity contribution in [3.8, 4) is 0 Å².